The fourth-order valence-electron chi connectivity index (χ4n) is 5.62. The number of allylic oxidation sites excluding steroid dienone is 1. The summed E-state index contributed by atoms with van der Waals surface area (Å²) in [6.45, 7) is 5.62. The number of nitrogens with zero attached hydrogens (tertiary/aromatic N) is 1. The van der Waals surface area contributed by atoms with Crippen LogP contribution in [0, 0.1) is 29.6 Å². The van der Waals surface area contributed by atoms with E-state index >= 15 is 0 Å². The summed E-state index contributed by atoms with van der Waals surface area (Å²) in [5, 5.41) is 16.0. The molecule has 3 rings (SSSR count). The van der Waals surface area contributed by atoms with Gasteiger partial charge in [-0.25, -0.2) is 0 Å². The minimum atomic E-state index is -0.695. The smallest absolute Gasteiger partial charge is 0.243 e. The van der Waals surface area contributed by atoms with Gasteiger partial charge in [0.1, 0.15) is 6.04 Å². The minimum Gasteiger partial charge on any atom is -0.394 e. The first-order valence-electron chi connectivity index (χ1n) is 11.4. The van der Waals surface area contributed by atoms with E-state index in [0.29, 0.717) is 0 Å². The number of aliphatic hydroxyl groups excluding tert-OH is 1. The average molecular weight is 420 g/mol. The van der Waals surface area contributed by atoms with Crippen LogP contribution in [0.15, 0.2) is 12.2 Å². The van der Waals surface area contributed by atoms with Crippen molar-refractivity contribution in [1.82, 2.24) is 15.5 Å². The standard InChI is InChI=1S/C23H37N3O4/c1-13(2)17(12-27)26-20(22(29)25-15-8-6-5-7-9-15)16-11-10-14(3)18(21(28)24-4)19(16)23(26)30/h10-11,13-20,27H,5-9,12H2,1-4H3,(H,24,28)(H,25,29)/t14-,16+,17+,18-,19-,20+/m1/s1. The van der Waals surface area contributed by atoms with Crippen LogP contribution >= 0.6 is 0 Å². The molecule has 1 saturated heterocycles. The highest BCUT2D eigenvalue weighted by atomic mass is 16.3. The molecule has 3 N–H and O–H groups in total. The van der Waals surface area contributed by atoms with Gasteiger partial charge in [0.25, 0.3) is 0 Å². The molecule has 0 spiro atoms. The average Bonchev–Trinajstić information content (AvgIpc) is 3.01. The Balaban J connectivity index is 1.97. The maximum atomic E-state index is 13.6. The molecule has 1 aliphatic heterocycles. The van der Waals surface area contributed by atoms with Crippen molar-refractivity contribution >= 4 is 17.7 Å². The minimum absolute atomic E-state index is 0.0102. The maximum Gasteiger partial charge on any atom is 0.243 e. The van der Waals surface area contributed by atoms with Crippen LogP contribution < -0.4 is 10.6 Å². The second-order valence-electron chi connectivity index (χ2n) is 9.51. The van der Waals surface area contributed by atoms with Crippen LogP contribution in [0.3, 0.4) is 0 Å². The second-order valence-corrected chi connectivity index (χ2v) is 9.51. The highest BCUT2D eigenvalue weighted by Gasteiger charge is 2.58. The molecule has 168 valence electrons. The van der Waals surface area contributed by atoms with E-state index in [1.54, 1.807) is 11.9 Å². The SMILES string of the molecule is CNC(=O)[C@H]1[C@@H]2C(=O)N([C@@H](CO)C(C)C)[C@H](C(=O)NC3CCCCC3)[C@H]2C=C[C@H]1C. The van der Waals surface area contributed by atoms with Crippen molar-refractivity contribution in [2.45, 2.75) is 71.0 Å². The largest absolute Gasteiger partial charge is 0.394 e. The Bertz CT molecular complexity index is 686. The predicted octanol–water partition coefficient (Wildman–Crippen LogP) is 1.46. The molecule has 7 heteroatoms. The van der Waals surface area contributed by atoms with Gasteiger partial charge in [0, 0.05) is 19.0 Å². The van der Waals surface area contributed by atoms with Crippen LogP contribution in [0.4, 0.5) is 0 Å². The van der Waals surface area contributed by atoms with Gasteiger partial charge in [-0.05, 0) is 24.7 Å². The van der Waals surface area contributed by atoms with Crippen molar-refractivity contribution in [2.75, 3.05) is 13.7 Å². The molecule has 0 bridgehead atoms. The first-order chi connectivity index (χ1) is 14.3. The molecule has 2 fully saturated rings. The lowest BCUT2D eigenvalue weighted by Gasteiger charge is -2.36. The number of rotatable bonds is 6. The van der Waals surface area contributed by atoms with Crippen molar-refractivity contribution in [3.05, 3.63) is 12.2 Å². The van der Waals surface area contributed by atoms with E-state index < -0.39 is 23.9 Å². The molecule has 30 heavy (non-hydrogen) atoms. The molecule has 1 heterocycles. The highest BCUT2D eigenvalue weighted by molar-refractivity contribution is 5.97. The zero-order chi connectivity index (χ0) is 22.0. The Morgan fingerprint density at radius 1 is 1.17 bits per heavy atom. The van der Waals surface area contributed by atoms with Crippen molar-refractivity contribution in [3.8, 4) is 0 Å². The van der Waals surface area contributed by atoms with Crippen LogP contribution in [0.1, 0.15) is 52.9 Å². The molecule has 0 aromatic rings. The lowest BCUT2D eigenvalue weighted by molar-refractivity contribution is -0.144. The Hall–Kier alpha value is -1.89. The molecule has 7 nitrogen and oxygen atoms in total. The monoisotopic (exact) mass is 419 g/mol. The van der Waals surface area contributed by atoms with E-state index in [1.807, 2.05) is 32.9 Å². The van der Waals surface area contributed by atoms with Crippen molar-refractivity contribution in [3.63, 3.8) is 0 Å². The molecule has 1 saturated carbocycles. The summed E-state index contributed by atoms with van der Waals surface area (Å²) in [4.78, 5) is 41.4. The number of carbonyl (C=O) groups excluding carboxylic acids is 3. The van der Waals surface area contributed by atoms with Crippen LogP contribution in [0.5, 0.6) is 0 Å². The fraction of sp³-hybridized carbons (Fsp3) is 0.783. The van der Waals surface area contributed by atoms with Gasteiger partial charge in [-0.15, -0.1) is 0 Å². The zero-order valence-corrected chi connectivity index (χ0v) is 18.6. The van der Waals surface area contributed by atoms with E-state index in [9.17, 15) is 19.5 Å². The molecule has 0 aromatic carbocycles. The van der Waals surface area contributed by atoms with Gasteiger partial charge in [-0.3, -0.25) is 14.4 Å². The number of nitrogens with one attached hydrogen (secondary N) is 2. The predicted molar refractivity (Wildman–Crippen MR) is 114 cm³/mol. The number of hydrogen-bond acceptors (Lipinski definition) is 4. The lowest BCUT2D eigenvalue weighted by Crippen LogP contribution is -2.55. The zero-order valence-electron chi connectivity index (χ0n) is 18.6. The first kappa shape index (κ1) is 22.8. The quantitative estimate of drug-likeness (QED) is 0.568. The summed E-state index contributed by atoms with van der Waals surface area (Å²) >= 11 is 0. The molecule has 6 atom stereocenters. The topological polar surface area (TPSA) is 98.7 Å². The molecule has 2 aliphatic carbocycles. The molecule has 0 unspecified atom stereocenters. The van der Waals surface area contributed by atoms with Gasteiger partial charge in [-0.1, -0.05) is 52.2 Å². The van der Waals surface area contributed by atoms with E-state index in [0.717, 1.165) is 25.7 Å². The van der Waals surface area contributed by atoms with E-state index in [1.165, 1.54) is 6.42 Å². The third-order valence-corrected chi connectivity index (χ3v) is 7.29. The number of likely N-dealkylation sites (tertiary alicyclic amines) is 1. The first-order valence-corrected chi connectivity index (χ1v) is 11.4. The van der Waals surface area contributed by atoms with Crippen LogP contribution in [-0.2, 0) is 14.4 Å². The van der Waals surface area contributed by atoms with Crippen molar-refractivity contribution < 1.29 is 19.5 Å². The summed E-state index contributed by atoms with van der Waals surface area (Å²) < 4.78 is 0. The van der Waals surface area contributed by atoms with Gasteiger partial charge < -0.3 is 20.6 Å². The van der Waals surface area contributed by atoms with Crippen LogP contribution in [0.25, 0.3) is 0 Å². The van der Waals surface area contributed by atoms with Crippen LogP contribution in [-0.4, -0.2) is 59.5 Å². The number of carbonyl (C=O) groups is 3. The van der Waals surface area contributed by atoms with Crippen LogP contribution in [0.2, 0.25) is 0 Å². The molecular weight excluding hydrogens is 382 g/mol. The van der Waals surface area contributed by atoms with Gasteiger partial charge >= 0.3 is 0 Å². The van der Waals surface area contributed by atoms with Gasteiger partial charge in [0.05, 0.1) is 24.5 Å². The highest BCUT2D eigenvalue weighted by Crippen LogP contribution is 2.45. The number of hydrogen-bond donors (Lipinski definition) is 3. The molecule has 3 aliphatic rings. The third kappa shape index (κ3) is 4.13. The third-order valence-electron chi connectivity index (χ3n) is 7.29. The summed E-state index contributed by atoms with van der Waals surface area (Å²) in [7, 11) is 1.58. The summed E-state index contributed by atoms with van der Waals surface area (Å²) in [5.41, 5.74) is 0. The normalized spacial score (nSPS) is 32.8. The molecule has 0 aromatic heterocycles. The lowest BCUT2D eigenvalue weighted by atomic mass is 9.70. The molecular formula is C23H37N3O4. The van der Waals surface area contributed by atoms with Gasteiger partial charge in [0.15, 0.2) is 0 Å². The van der Waals surface area contributed by atoms with E-state index in [2.05, 4.69) is 10.6 Å². The Morgan fingerprint density at radius 3 is 2.40 bits per heavy atom. The molecule has 3 amide bonds. The maximum absolute atomic E-state index is 13.6. The Morgan fingerprint density at radius 2 is 1.83 bits per heavy atom. The Labute approximate surface area is 179 Å². The summed E-state index contributed by atoms with van der Waals surface area (Å²) in [6.07, 6.45) is 9.23. The second kappa shape index (κ2) is 9.50. The van der Waals surface area contributed by atoms with Crippen molar-refractivity contribution in [1.29, 1.82) is 0 Å². The Kier molecular flexibility index (Phi) is 7.22. The summed E-state index contributed by atoms with van der Waals surface area (Å²) in [6, 6.07) is -1.02. The number of amides is 3. The summed E-state index contributed by atoms with van der Waals surface area (Å²) in [5.74, 6) is -2.09. The molecule has 0 radical (unpaired) electrons. The van der Waals surface area contributed by atoms with Crippen molar-refractivity contribution in [2.24, 2.45) is 29.6 Å². The number of fused-ring (bicyclic) bond motifs is 1. The van der Waals surface area contributed by atoms with E-state index in [4.69, 9.17) is 0 Å². The fourth-order valence-corrected chi connectivity index (χ4v) is 5.62. The van der Waals surface area contributed by atoms with Gasteiger partial charge in [0.2, 0.25) is 17.7 Å². The number of aliphatic hydroxyl groups is 1. The van der Waals surface area contributed by atoms with E-state index in [-0.39, 0.29) is 48.1 Å². The van der Waals surface area contributed by atoms with Gasteiger partial charge in [-0.2, -0.15) is 0 Å².